The maximum atomic E-state index is 13.9. The Morgan fingerprint density at radius 2 is 1.34 bits per heavy atom. The molecule has 0 unspecified atom stereocenters. The fourth-order valence-corrected chi connectivity index (χ4v) is 11.4. The van der Waals surface area contributed by atoms with Crippen LogP contribution in [0.3, 0.4) is 0 Å². The van der Waals surface area contributed by atoms with E-state index in [9.17, 15) is 42.4 Å². The molecule has 4 aromatic heterocycles. The zero-order chi connectivity index (χ0) is 71.0. The molecule has 546 valence electrons. The minimum Gasteiger partial charge on any atom is -0.494 e. The number of carbonyl (C=O) groups is 5. The van der Waals surface area contributed by atoms with E-state index in [0.717, 1.165) is 76.1 Å². The summed E-state index contributed by atoms with van der Waals surface area (Å²) in [5.74, 6) is -6.23. The summed E-state index contributed by atoms with van der Waals surface area (Å²) in [6.45, 7) is 13.0. The smallest absolute Gasteiger partial charge is 0.313 e. The summed E-state index contributed by atoms with van der Waals surface area (Å²) >= 11 is 0. The molecule has 1 aliphatic carbocycles. The number of fused-ring (bicyclic) bond motifs is 1. The molecule has 0 spiro atoms. The van der Waals surface area contributed by atoms with E-state index in [1.165, 1.54) is 35.4 Å². The number of aromatic nitrogens is 8. The lowest BCUT2D eigenvalue weighted by Gasteiger charge is -2.35. The number of benzene rings is 2. The lowest BCUT2D eigenvalue weighted by atomic mass is 9.84. The highest BCUT2D eigenvalue weighted by atomic mass is 19.1. The van der Waals surface area contributed by atoms with Crippen molar-refractivity contribution in [2.24, 2.45) is 5.92 Å². The van der Waals surface area contributed by atoms with Crippen LogP contribution in [-0.4, -0.2) is 260 Å². The van der Waals surface area contributed by atoms with Gasteiger partial charge in [0, 0.05) is 89.6 Å². The number of halogens is 3. The van der Waals surface area contributed by atoms with Gasteiger partial charge in [-0.2, -0.15) is 5.26 Å². The van der Waals surface area contributed by atoms with E-state index < -0.39 is 40.9 Å². The third-order valence-corrected chi connectivity index (χ3v) is 17.2. The van der Waals surface area contributed by atoms with E-state index in [-0.39, 0.29) is 68.3 Å². The molecule has 6 heterocycles. The van der Waals surface area contributed by atoms with Crippen LogP contribution in [0.5, 0.6) is 11.5 Å². The molecule has 29 nitrogen and oxygen atoms in total. The summed E-state index contributed by atoms with van der Waals surface area (Å²) in [7, 11) is 1.45. The highest BCUT2D eigenvalue weighted by Gasteiger charge is 2.32. The fraction of sp³-hybridized carbons (Fsp3) is 0.551. The number of pyridine rings is 1. The van der Waals surface area contributed by atoms with Crippen molar-refractivity contribution in [3.8, 4) is 23.4 Å². The number of carbonyl (C=O) groups excluding carboxylic acids is 5. The Kier molecular flexibility index (Phi) is 31.3. The number of amides is 3. The third-order valence-electron chi connectivity index (χ3n) is 17.2. The number of H-pyrrole nitrogens is 1. The maximum absolute atomic E-state index is 13.9. The van der Waals surface area contributed by atoms with Crippen LogP contribution in [-0.2, 0) is 76.8 Å². The van der Waals surface area contributed by atoms with Crippen molar-refractivity contribution in [1.82, 2.24) is 64.6 Å². The molecule has 2 aromatic carbocycles. The molecule has 0 atom stereocenters. The molecule has 2 N–H and O–H groups in total. The number of ether oxygens (including phenoxy) is 10. The van der Waals surface area contributed by atoms with Gasteiger partial charge in [-0.05, 0) is 49.8 Å². The van der Waals surface area contributed by atoms with E-state index >= 15 is 0 Å². The van der Waals surface area contributed by atoms with Crippen LogP contribution in [0.2, 0.25) is 0 Å². The van der Waals surface area contributed by atoms with E-state index in [2.05, 4.69) is 56.3 Å². The number of nitrogens with zero attached hydrogens (tertiary/aromatic N) is 12. The van der Waals surface area contributed by atoms with Crippen molar-refractivity contribution in [3.63, 3.8) is 0 Å². The number of nitriles is 1. The largest absolute Gasteiger partial charge is 0.494 e. The first-order chi connectivity index (χ1) is 49.3. The number of hydrogen-bond donors (Lipinski definition) is 2. The Morgan fingerprint density at radius 3 is 1.96 bits per heavy atom. The number of allylic oxidation sites excluding steroid dienone is 1. The van der Waals surface area contributed by atoms with Crippen molar-refractivity contribution in [2.75, 3.05) is 172 Å². The normalized spacial score (nSPS) is 14.4. The molecular formula is C69H89F3N14O15. The minimum absolute atomic E-state index is 0.00222. The van der Waals surface area contributed by atoms with Gasteiger partial charge in [0.1, 0.15) is 23.6 Å². The second-order valence-electron chi connectivity index (χ2n) is 24.0. The van der Waals surface area contributed by atoms with Gasteiger partial charge in [0.25, 0.3) is 11.7 Å². The van der Waals surface area contributed by atoms with Gasteiger partial charge in [-0.15, -0.1) is 10.2 Å². The van der Waals surface area contributed by atoms with Crippen molar-refractivity contribution >= 4 is 46.0 Å². The van der Waals surface area contributed by atoms with Gasteiger partial charge in [-0.1, -0.05) is 42.0 Å². The first-order valence-electron chi connectivity index (χ1n) is 34.2. The number of methoxy groups -OCH3 is 1. The van der Waals surface area contributed by atoms with Crippen LogP contribution < -0.4 is 14.8 Å². The van der Waals surface area contributed by atoms with Crippen molar-refractivity contribution in [1.29, 1.82) is 5.26 Å². The molecule has 1 saturated carbocycles. The lowest BCUT2D eigenvalue weighted by Crippen LogP contribution is -2.48. The number of esters is 1. The Morgan fingerprint density at radius 1 is 0.723 bits per heavy atom. The first-order valence-corrected chi connectivity index (χ1v) is 34.2. The Balaban J connectivity index is 0.551. The summed E-state index contributed by atoms with van der Waals surface area (Å²) in [5.41, 5.74) is 3.57. The predicted octanol–water partition coefficient (Wildman–Crippen LogP) is 4.91. The monoisotopic (exact) mass is 1410 g/mol. The van der Waals surface area contributed by atoms with E-state index in [1.807, 2.05) is 35.2 Å². The van der Waals surface area contributed by atoms with Crippen molar-refractivity contribution in [2.45, 2.75) is 71.1 Å². The first kappa shape index (κ1) is 76.6. The van der Waals surface area contributed by atoms with Gasteiger partial charge in [0.15, 0.2) is 23.3 Å². The van der Waals surface area contributed by atoms with E-state index in [1.54, 1.807) is 10.9 Å². The molecule has 6 aromatic rings. The Labute approximate surface area is 583 Å². The van der Waals surface area contributed by atoms with E-state index in [4.69, 9.17) is 42.6 Å². The van der Waals surface area contributed by atoms with Gasteiger partial charge in [-0.3, -0.25) is 28.9 Å². The average Bonchev–Trinajstić information content (AvgIpc) is 1.64. The maximum Gasteiger partial charge on any atom is 0.313 e. The molecule has 2 saturated heterocycles. The van der Waals surface area contributed by atoms with Crippen LogP contribution in [0, 0.1) is 34.7 Å². The van der Waals surface area contributed by atoms with Gasteiger partial charge in [0.05, 0.1) is 173 Å². The van der Waals surface area contributed by atoms with Gasteiger partial charge in [0.2, 0.25) is 17.6 Å². The minimum atomic E-state index is -1.31. The summed E-state index contributed by atoms with van der Waals surface area (Å²) < 4.78 is 98.2. The predicted molar refractivity (Wildman–Crippen MR) is 357 cm³/mol. The summed E-state index contributed by atoms with van der Waals surface area (Å²) in [4.78, 5) is 86.4. The van der Waals surface area contributed by atoms with Crippen LogP contribution in [0.1, 0.15) is 78.8 Å². The van der Waals surface area contributed by atoms with Crippen LogP contribution in [0.25, 0.3) is 22.3 Å². The number of hydrogen-bond acceptors (Lipinski definition) is 23. The summed E-state index contributed by atoms with van der Waals surface area (Å²) in [5, 5.41) is 26.0. The quantitative estimate of drug-likeness (QED) is 0.0128. The summed E-state index contributed by atoms with van der Waals surface area (Å²) in [6, 6.07) is 12.6. The standard InChI is InChI=1S/C69H89F3N14O15/c1-92-59-45-76-67(64-63(59)56(44-75-64)65(89)69(91)84-17-11-51(12-18-84)55(43-73)50-7-3-2-4-8-50)86-49-77-60(79-86)46-74-61(87)13-19-83(68(90)52-9-5-10-52)16-6-15-81-20-22-82(23-21-81)24-27-94-30-33-97-37-38-99-39-40-100-48-54-47-85(80-78-54)25-28-95-31-34-98-36-35-96-32-29-93-26-14-62(88)101-66-57(71)41-53(70)42-58(66)72/h2-4,7-8,41-42,44-45,47,49,52,75H,5-6,9-40,46,48H2,1H3,(H,74,87). The number of piperidine rings is 1. The topological polar surface area (TPSA) is 317 Å². The van der Waals surface area contributed by atoms with E-state index in [0.29, 0.717) is 177 Å². The molecule has 3 fully saturated rings. The summed E-state index contributed by atoms with van der Waals surface area (Å²) in [6.07, 6.45) is 10.5. The molecule has 3 aliphatic rings. The molecule has 101 heavy (non-hydrogen) atoms. The second kappa shape index (κ2) is 41.3. The highest BCUT2D eigenvalue weighted by molar-refractivity contribution is 6.45. The molecule has 3 amide bonds. The molecule has 2 aliphatic heterocycles. The number of likely N-dealkylation sites (tertiary alicyclic amines) is 1. The highest BCUT2D eigenvalue weighted by Crippen LogP contribution is 2.34. The van der Waals surface area contributed by atoms with Crippen molar-refractivity contribution in [3.05, 3.63) is 113 Å². The zero-order valence-electron chi connectivity index (χ0n) is 57.0. The van der Waals surface area contributed by atoms with Crippen LogP contribution >= 0.6 is 0 Å². The number of Topliss-reactive ketones (excluding diaryl/α,β-unsaturated/α-hetero) is 1. The third kappa shape index (κ3) is 24.0. The second-order valence-corrected chi connectivity index (χ2v) is 24.0. The molecule has 0 radical (unpaired) electrons. The van der Waals surface area contributed by atoms with Gasteiger partial charge in [-0.25, -0.2) is 32.5 Å². The lowest BCUT2D eigenvalue weighted by molar-refractivity contribution is -0.139. The van der Waals surface area contributed by atoms with Gasteiger partial charge < -0.3 is 72.4 Å². The zero-order valence-corrected chi connectivity index (χ0v) is 57.0. The fourth-order valence-electron chi connectivity index (χ4n) is 11.4. The Bertz CT molecular complexity index is 3660. The number of piperazine rings is 1. The van der Waals surface area contributed by atoms with Crippen LogP contribution in [0.4, 0.5) is 13.2 Å². The number of rotatable bonds is 45. The number of nitrogens with one attached hydrogen (secondary N) is 2. The number of aromatic amines is 1. The Hall–Kier alpha value is -8.62. The molecule has 0 bridgehead atoms. The molecule has 32 heteroatoms. The molecular weight excluding hydrogens is 1320 g/mol. The SMILES string of the molecule is COc1cnc(-n2cnc(CNC(=O)CCN(CCCN3CCN(CCOCCOCCOCCOCc4cn(CCOCCOCCOCCOCCC(=O)Oc5c(F)cc(F)cc5F)nn4)CC3)C(=O)C3CCC3)n2)c2[nH]cc(C(=O)C(=O)N3CCC(=C(C#N)c4ccccc4)CC3)c12. The van der Waals surface area contributed by atoms with Gasteiger partial charge >= 0.3 is 5.97 Å². The molecule has 9 rings (SSSR count). The number of ketones is 1. The average molecular weight is 1410 g/mol. The van der Waals surface area contributed by atoms with Crippen LogP contribution in [0.15, 0.2) is 73.0 Å². The van der Waals surface area contributed by atoms with Crippen molar-refractivity contribution < 1.29 is 84.5 Å².